The van der Waals surface area contributed by atoms with E-state index in [1.54, 1.807) is 0 Å². The van der Waals surface area contributed by atoms with E-state index in [-0.39, 0.29) is 35.8 Å². The fourth-order valence-corrected chi connectivity index (χ4v) is 5.87. The molecule has 3 N–H and O–H groups in total. The van der Waals surface area contributed by atoms with Gasteiger partial charge in [0.2, 0.25) is 5.91 Å². The predicted molar refractivity (Wildman–Crippen MR) is 194 cm³/mol. The molecule has 1 amide bonds. The number of nitrogens with one attached hydrogen (secondary N) is 1. The molecule has 0 atom stereocenters. The average Bonchev–Trinajstić information content (AvgIpc) is 3.44. The number of rotatable bonds is 17. The highest BCUT2D eigenvalue weighted by atomic mass is 16.5. The molecule has 1 saturated heterocycles. The first-order valence-electron chi connectivity index (χ1n) is 17.3. The van der Waals surface area contributed by atoms with Crippen molar-refractivity contribution in [3.63, 3.8) is 0 Å². The van der Waals surface area contributed by atoms with Crippen LogP contribution in [0.25, 0.3) is 17.2 Å². The molecule has 0 spiro atoms. The van der Waals surface area contributed by atoms with Crippen LogP contribution in [-0.4, -0.2) is 106 Å². The minimum atomic E-state index is -0.345. The maximum Gasteiger partial charge on any atom is 0.327 e. The first-order valence-corrected chi connectivity index (χ1v) is 17.3. The molecule has 2 aromatic heterocycles. The number of aryl methyl sites for hydroxylation is 1. The summed E-state index contributed by atoms with van der Waals surface area (Å²) < 4.78 is 12.0. The van der Waals surface area contributed by atoms with Gasteiger partial charge in [0.25, 0.3) is 0 Å². The molecule has 0 unspecified atom stereocenters. The van der Waals surface area contributed by atoms with Crippen LogP contribution in [0, 0.1) is 0 Å². The molecule has 0 bridgehead atoms. The number of esters is 1. The number of carbonyl (C=O) groups excluding carboxylic acids is 2. The topological polar surface area (TPSA) is 152 Å². The molecular formula is C37H48N8O5. The van der Waals surface area contributed by atoms with Gasteiger partial charge in [-0.3, -0.25) is 24.0 Å². The zero-order valence-corrected chi connectivity index (χ0v) is 29.1. The molecule has 13 heteroatoms. The van der Waals surface area contributed by atoms with Gasteiger partial charge in [0.15, 0.2) is 11.5 Å². The number of carbonyl (C=O) groups is 2. The van der Waals surface area contributed by atoms with Gasteiger partial charge in [0, 0.05) is 52.4 Å². The Labute approximate surface area is 292 Å². The van der Waals surface area contributed by atoms with Crippen LogP contribution < -0.4 is 16.2 Å². The Kier molecular flexibility index (Phi) is 13.1. The Morgan fingerprint density at radius 2 is 1.70 bits per heavy atom. The van der Waals surface area contributed by atoms with Crippen molar-refractivity contribution in [1.29, 1.82) is 0 Å². The van der Waals surface area contributed by atoms with Crippen molar-refractivity contribution in [2.24, 2.45) is 0 Å². The van der Waals surface area contributed by atoms with Crippen LogP contribution in [0.4, 0.5) is 5.82 Å². The Morgan fingerprint density at radius 1 is 0.980 bits per heavy atom. The second-order valence-electron chi connectivity index (χ2n) is 12.5. The van der Waals surface area contributed by atoms with Gasteiger partial charge in [-0.1, -0.05) is 80.1 Å². The van der Waals surface area contributed by atoms with E-state index in [1.807, 2.05) is 47.4 Å². The van der Waals surface area contributed by atoms with Crippen LogP contribution in [0.1, 0.15) is 42.9 Å². The van der Waals surface area contributed by atoms with Crippen molar-refractivity contribution < 1.29 is 19.1 Å². The van der Waals surface area contributed by atoms with Crippen molar-refractivity contribution >= 4 is 34.9 Å². The second-order valence-corrected chi connectivity index (χ2v) is 12.5. The number of piperazine rings is 1. The molecule has 0 radical (unpaired) electrons. The third-order valence-electron chi connectivity index (χ3n) is 8.79. The van der Waals surface area contributed by atoms with Gasteiger partial charge in [-0.2, -0.15) is 9.97 Å². The monoisotopic (exact) mass is 684 g/mol. The van der Waals surface area contributed by atoms with E-state index in [0.29, 0.717) is 50.4 Å². The molecule has 1 aliphatic heterocycles. The lowest BCUT2D eigenvalue weighted by atomic mass is 10.1. The minimum absolute atomic E-state index is 0.0190. The molecule has 3 heterocycles. The number of nitrogen functional groups attached to an aromatic ring is 1. The number of amides is 1. The van der Waals surface area contributed by atoms with Crippen LogP contribution in [0.5, 0.6) is 6.01 Å². The maximum absolute atomic E-state index is 13.8. The molecule has 1 fully saturated rings. The molecule has 0 saturated carbocycles. The first kappa shape index (κ1) is 36.3. The molecule has 0 aliphatic carbocycles. The molecule has 1 aliphatic rings. The van der Waals surface area contributed by atoms with Crippen molar-refractivity contribution in [3.8, 4) is 6.01 Å². The summed E-state index contributed by atoms with van der Waals surface area (Å²) in [6.07, 6.45) is 6.84. The summed E-state index contributed by atoms with van der Waals surface area (Å²) in [4.78, 5) is 56.4. The highest BCUT2D eigenvalue weighted by molar-refractivity contribution is 5.82. The number of imidazole rings is 1. The van der Waals surface area contributed by atoms with Gasteiger partial charge in [-0.25, -0.2) is 4.79 Å². The lowest BCUT2D eigenvalue weighted by molar-refractivity contribution is -0.139. The summed E-state index contributed by atoms with van der Waals surface area (Å²) >= 11 is 0. The van der Waals surface area contributed by atoms with Gasteiger partial charge in [-0.05, 0) is 29.5 Å². The van der Waals surface area contributed by atoms with Crippen LogP contribution in [0.3, 0.4) is 0 Å². The van der Waals surface area contributed by atoms with E-state index in [4.69, 9.17) is 15.2 Å². The molecule has 4 aromatic rings. The molecular weight excluding hydrogens is 636 g/mol. The number of ether oxygens (including phenoxy) is 2. The van der Waals surface area contributed by atoms with Gasteiger partial charge in [0.1, 0.15) is 5.52 Å². The van der Waals surface area contributed by atoms with Gasteiger partial charge >= 0.3 is 17.7 Å². The van der Waals surface area contributed by atoms with Gasteiger partial charge < -0.3 is 25.1 Å². The lowest BCUT2D eigenvalue weighted by Crippen LogP contribution is -2.50. The third kappa shape index (κ3) is 10.3. The van der Waals surface area contributed by atoms with E-state index in [2.05, 4.69) is 56.0 Å². The maximum atomic E-state index is 13.8. The number of methoxy groups -OCH3 is 1. The lowest BCUT2D eigenvalue weighted by Gasteiger charge is -2.35. The Bertz CT molecular complexity index is 1780. The number of nitrogens with two attached hydrogens (primary N) is 1. The SMILES string of the molecule is CCCCOc1nc(N)c2[nH]c(=O)n(CCCN(Cc3ccc(CC(=O)OC)cc3)C(=O)CN3CCN(CC=Cc4ccccc4)CC3)c2n1. The molecule has 50 heavy (non-hydrogen) atoms. The summed E-state index contributed by atoms with van der Waals surface area (Å²) in [5.74, 6) is -0.135. The normalized spacial score (nSPS) is 14.0. The fourth-order valence-electron chi connectivity index (χ4n) is 5.87. The highest BCUT2D eigenvalue weighted by Gasteiger charge is 2.22. The highest BCUT2D eigenvalue weighted by Crippen LogP contribution is 2.19. The molecule has 2 aromatic carbocycles. The van der Waals surface area contributed by atoms with Crippen LogP contribution in [0.2, 0.25) is 0 Å². The standard InChI is InChI=1S/C37H48N8O5/c1-3-4-24-50-36-40-34(38)33-35(41-36)45(37(48)39-33)19-9-18-44(26-30-15-13-29(14-16-30)25-32(47)49-2)31(46)27-43-22-20-42(21-23-43)17-8-12-28-10-6-5-7-11-28/h5-8,10-16H,3-4,9,17-27H2,1-2H3,(H,39,48)(H2,38,40,41). The number of hydrogen-bond acceptors (Lipinski definition) is 10. The smallest absolute Gasteiger partial charge is 0.327 e. The zero-order valence-electron chi connectivity index (χ0n) is 29.1. The summed E-state index contributed by atoms with van der Waals surface area (Å²) in [6, 6.07) is 18.0. The molecule has 13 nitrogen and oxygen atoms in total. The van der Waals surface area contributed by atoms with Crippen molar-refractivity contribution in [1.82, 2.24) is 34.2 Å². The van der Waals surface area contributed by atoms with Crippen LogP contribution in [-0.2, 0) is 33.8 Å². The number of hydrogen-bond donors (Lipinski definition) is 2. The van der Waals surface area contributed by atoms with E-state index < -0.39 is 0 Å². The van der Waals surface area contributed by atoms with Crippen molar-refractivity contribution in [3.05, 3.63) is 87.8 Å². The number of H-pyrrole nitrogens is 1. The Balaban J connectivity index is 1.22. The fraction of sp³-hybridized carbons (Fsp3) is 0.432. The van der Waals surface area contributed by atoms with Crippen molar-refractivity contribution in [2.75, 3.05) is 65.3 Å². The Morgan fingerprint density at radius 3 is 2.42 bits per heavy atom. The number of aromatic nitrogens is 4. The summed E-state index contributed by atoms with van der Waals surface area (Å²) in [7, 11) is 1.37. The minimum Gasteiger partial charge on any atom is -0.469 e. The molecule has 5 rings (SSSR count). The summed E-state index contributed by atoms with van der Waals surface area (Å²) in [5.41, 5.74) is 9.50. The first-order chi connectivity index (χ1) is 24.3. The van der Waals surface area contributed by atoms with Gasteiger partial charge in [0.05, 0.1) is 26.7 Å². The van der Waals surface area contributed by atoms with Crippen LogP contribution in [0.15, 0.2) is 65.5 Å². The number of benzene rings is 2. The number of unbranched alkanes of at least 4 members (excludes halogenated alkanes) is 1. The number of aromatic amines is 1. The number of anilines is 1. The second kappa shape index (κ2) is 18.1. The average molecular weight is 685 g/mol. The van der Waals surface area contributed by atoms with Crippen molar-refractivity contribution in [2.45, 2.75) is 45.7 Å². The Hall–Kier alpha value is -5.01. The largest absolute Gasteiger partial charge is 0.469 e. The predicted octanol–water partition coefficient (Wildman–Crippen LogP) is 3.35. The van der Waals surface area contributed by atoms with E-state index in [1.165, 1.54) is 17.2 Å². The number of nitrogens with zero attached hydrogens (tertiary/aromatic N) is 6. The number of fused-ring (bicyclic) bond motifs is 1. The molecule has 266 valence electrons. The summed E-state index contributed by atoms with van der Waals surface area (Å²) in [5, 5.41) is 0. The van der Waals surface area contributed by atoms with E-state index in [0.717, 1.165) is 56.7 Å². The quantitative estimate of drug-likeness (QED) is 0.125. The summed E-state index contributed by atoms with van der Waals surface area (Å²) in [6.45, 7) is 8.20. The van der Waals surface area contributed by atoms with E-state index >= 15 is 0 Å². The van der Waals surface area contributed by atoms with Crippen LogP contribution >= 0.6 is 0 Å². The van der Waals surface area contributed by atoms with E-state index in [9.17, 15) is 14.4 Å². The van der Waals surface area contributed by atoms with Gasteiger partial charge in [-0.15, -0.1) is 0 Å². The third-order valence-corrected chi connectivity index (χ3v) is 8.79. The zero-order chi connectivity index (χ0) is 35.3.